The highest BCUT2D eigenvalue weighted by molar-refractivity contribution is 5.76. The quantitative estimate of drug-likeness (QED) is 0.698. The SMILES string of the molecule is C#CCCC1(CCC(=O)N2CCOC(Cn3ccnn3)C2)N=N1. The molecule has 0 aromatic carbocycles. The topological polar surface area (TPSA) is 85.0 Å². The lowest BCUT2D eigenvalue weighted by Crippen LogP contribution is -2.47. The summed E-state index contributed by atoms with van der Waals surface area (Å²) in [6, 6.07) is 0. The molecule has 8 nitrogen and oxygen atoms in total. The van der Waals surface area contributed by atoms with E-state index in [1.807, 2.05) is 4.90 Å². The molecule has 0 radical (unpaired) electrons. The maximum atomic E-state index is 12.4. The second-order valence-corrected chi connectivity index (χ2v) is 5.84. The summed E-state index contributed by atoms with van der Waals surface area (Å²) >= 11 is 0. The molecule has 0 spiro atoms. The Balaban J connectivity index is 1.45. The molecule has 1 amide bonds. The monoisotopic (exact) mass is 316 g/mol. The van der Waals surface area contributed by atoms with E-state index in [9.17, 15) is 4.79 Å². The molecule has 3 heterocycles. The average molecular weight is 316 g/mol. The number of aromatic nitrogens is 3. The molecule has 1 aromatic heterocycles. The van der Waals surface area contributed by atoms with Crippen molar-refractivity contribution in [1.29, 1.82) is 0 Å². The largest absolute Gasteiger partial charge is 0.373 e. The molecule has 2 aliphatic rings. The van der Waals surface area contributed by atoms with Crippen molar-refractivity contribution in [3.63, 3.8) is 0 Å². The molecule has 0 bridgehead atoms. The van der Waals surface area contributed by atoms with Gasteiger partial charge in [0.05, 0.1) is 25.5 Å². The van der Waals surface area contributed by atoms with Crippen LogP contribution in [0.4, 0.5) is 0 Å². The number of hydrogen-bond donors (Lipinski definition) is 0. The van der Waals surface area contributed by atoms with Crippen molar-refractivity contribution < 1.29 is 9.53 Å². The number of terminal acetylenes is 1. The minimum absolute atomic E-state index is 0.0555. The molecular formula is C15H20N6O2. The fourth-order valence-corrected chi connectivity index (χ4v) is 2.73. The molecule has 1 saturated heterocycles. The average Bonchev–Trinajstić information content (AvgIpc) is 3.17. The third kappa shape index (κ3) is 4.13. The Bertz CT molecular complexity index is 600. The predicted octanol–water partition coefficient (Wildman–Crippen LogP) is 0.861. The van der Waals surface area contributed by atoms with Gasteiger partial charge in [0.25, 0.3) is 0 Å². The molecule has 8 heteroatoms. The molecule has 1 atom stereocenters. The van der Waals surface area contributed by atoms with Crippen LogP contribution in [0, 0.1) is 12.3 Å². The van der Waals surface area contributed by atoms with Crippen LogP contribution in [0.15, 0.2) is 22.6 Å². The lowest BCUT2D eigenvalue weighted by atomic mass is 10.0. The maximum Gasteiger partial charge on any atom is 0.222 e. The normalized spacial score (nSPS) is 21.9. The van der Waals surface area contributed by atoms with Crippen LogP contribution in [0.25, 0.3) is 0 Å². The number of carbonyl (C=O) groups excluding carboxylic acids is 1. The zero-order valence-electron chi connectivity index (χ0n) is 13.0. The van der Waals surface area contributed by atoms with Gasteiger partial charge in [-0.05, 0) is 0 Å². The Kier molecular flexibility index (Phi) is 4.67. The number of ether oxygens (including phenoxy) is 1. The Hall–Kier alpha value is -2.27. The summed E-state index contributed by atoms with van der Waals surface area (Å²) in [5, 5.41) is 15.8. The zero-order valence-corrected chi connectivity index (χ0v) is 13.0. The predicted molar refractivity (Wildman–Crippen MR) is 81.2 cm³/mol. The number of morpholine rings is 1. The molecule has 0 N–H and O–H groups in total. The van der Waals surface area contributed by atoms with Gasteiger partial charge in [-0.2, -0.15) is 10.2 Å². The molecule has 23 heavy (non-hydrogen) atoms. The molecule has 2 aliphatic heterocycles. The van der Waals surface area contributed by atoms with Crippen molar-refractivity contribution in [2.24, 2.45) is 10.2 Å². The van der Waals surface area contributed by atoms with Crippen LogP contribution in [0.5, 0.6) is 0 Å². The van der Waals surface area contributed by atoms with Crippen LogP contribution < -0.4 is 0 Å². The van der Waals surface area contributed by atoms with Crippen molar-refractivity contribution in [1.82, 2.24) is 19.9 Å². The third-order valence-corrected chi connectivity index (χ3v) is 4.15. The fraction of sp³-hybridized carbons (Fsp3) is 0.667. The van der Waals surface area contributed by atoms with Crippen LogP contribution in [0.2, 0.25) is 0 Å². The van der Waals surface area contributed by atoms with Crippen LogP contribution in [0.3, 0.4) is 0 Å². The fourth-order valence-electron chi connectivity index (χ4n) is 2.73. The molecule has 1 aromatic rings. The van der Waals surface area contributed by atoms with Crippen LogP contribution in [-0.2, 0) is 16.1 Å². The van der Waals surface area contributed by atoms with Crippen molar-refractivity contribution in [2.75, 3.05) is 19.7 Å². The van der Waals surface area contributed by atoms with Gasteiger partial charge in [-0.3, -0.25) is 4.79 Å². The molecule has 0 saturated carbocycles. The van der Waals surface area contributed by atoms with Gasteiger partial charge in [-0.15, -0.1) is 17.4 Å². The second kappa shape index (κ2) is 6.87. The van der Waals surface area contributed by atoms with E-state index in [1.54, 1.807) is 17.1 Å². The first-order valence-electron chi connectivity index (χ1n) is 7.82. The number of carbonyl (C=O) groups is 1. The van der Waals surface area contributed by atoms with Gasteiger partial charge in [-0.25, -0.2) is 4.68 Å². The van der Waals surface area contributed by atoms with Gasteiger partial charge in [-0.1, -0.05) is 5.21 Å². The number of nitrogens with zero attached hydrogens (tertiary/aromatic N) is 6. The molecular weight excluding hydrogens is 296 g/mol. The molecule has 122 valence electrons. The van der Waals surface area contributed by atoms with Gasteiger partial charge in [0.1, 0.15) is 0 Å². The highest BCUT2D eigenvalue weighted by atomic mass is 16.5. The molecule has 1 unspecified atom stereocenters. The lowest BCUT2D eigenvalue weighted by molar-refractivity contribution is -0.139. The summed E-state index contributed by atoms with van der Waals surface area (Å²) < 4.78 is 7.42. The van der Waals surface area contributed by atoms with Crippen LogP contribution in [0.1, 0.15) is 25.7 Å². The first-order valence-corrected chi connectivity index (χ1v) is 7.82. The van der Waals surface area contributed by atoms with E-state index in [4.69, 9.17) is 11.2 Å². The Labute approximate surface area is 134 Å². The first kappa shape index (κ1) is 15.6. The van der Waals surface area contributed by atoms with Gasteiger partial charge >= 0.3 is 0 Å². The Morgan fingerprint density at radius 1 is 1.43 bits per heavy atom. The zero-order chi connectivity index (χ0) is 16.1. The maximum absolute atomic E-state index is 12.4. The minimum atomic E-state index is -0.394. The van der Waals surface area contributed by atoms with Gasteiger partial charge in [0.15, 0.2) is 5.66 Å². The van der Waals surface area contributed by atoms with E-state index in [-0.39, 0.29) is 12.0 Å². The van der Waals surface area contributed by atoms with Crippen molar-refractivity contribution in [3.05, 3.63) is 12.4 Å². The van der Waals surface area contributed by atoms with E-state index in [0.29, 0.717) is 45.5 Å². The van der Waals surface area contributed by atoms with E-state index in [1.165, 1.54) is 0 Å². The van der Waals surface area contributed by atoms with Crippen molar-refractivity contribution in [3.8, 4) is 12.3 Å². The van der Waals surface area contributed by atoms with Crippen molar-refractivity contribution >= 4 is 5.91 Å². The van der Waals surface area contributed by atoms with Gasteiger partial charge in [0, 0.05) is 45.0 Å². The van der Waals surface area contributed by atoms with E-state index >= 15 is 0 Å². The van der Waals surface area contributed by atoms with E-state index < -0.39 is 5.66 Å². The van der Waals surface area contributed by atoms with Crippen LogP contribution in [-0.4, -0.2) is 57.3 Å². The van der Waals surface area contributed by atoms with E-state index in [0.717, 1.165) is 6.42 Å². The van der Waals surface area contributed by atoms with Gasteiger partial charge < -0.3 is 9.64 Å². The highest BCUT2D eigenvalue weighted by Crippen LogP contribution is 2.37. The standard InChI is InChI=1S/C15H20N6O2/c1-2-3-5-15(17-18-15)6-4-14(22)20-9-10-23-13(11-20)12-21-8-7-16-19-21/h1,7-8,13H,3-6,9-12H2. The summed E-state index contributed by atoms with van der Waals surface area (Å²) in [5.74, 6) is 2.72. The summed E-state index contributed by atoms with van der Waals surface area (Å²) in [6.45, 7) is 2.34. The first-order chi connectivity index (χ1) is 11.2. The molecule has 0 aliphatic carbocycles. The summed E-state index contributed by atoms with van der Waals surface area (Å²) in [6.07, 6.45) is 11.1. The second-order valence-electron chi connectivity index (χ2n) is 5.84. The van der Waals surface area contributed by atoms with Gasteiger partial charge in [0.2, 0.25) is 5.91 Å². The summed E-state index contributed by atoms with van der Waals surface area (Å²) in [5.41, 5.74) is -0.394. The molecule has 1 fully saturated rings. The van der Waals surface area contributed by atoms with Crippen molar-refractivity contribution in [2.45, 2.75) is 44.0 Å². The smallest absolute Gasteiger partial charge is 0.222 e. The minimum Gasteiger partial charge on any atom is -0.373 e. The summed E-state index contributed by atoms with van der Waals surface area (Å²) in [4.78, 5) is 14.3. The Morgan fingerprint density at radius 2 is 2.30 bits per heavy atom. The number of amides is 1. The highest BCUT2D eigenvalue weighted by Gasteiger charge is 2.39. The summed E-state index contributed by atoms with van der Waals surface area (Å²) in [7, 11) is 0. The van der Waals surface area contributed by atoms with E-state index in [2.05, 4.69) is 26.5 Å². The number of rotatable bonds is 7. The van der Waals surface area contributed by atoms with Crippen LogP contribution >= 0.6 is 0 Å². The molecule has 3 rings (SSSR count). The number of hydrogen-bond acceptors (Lipinski definition) is 6. The Morgan fingerprint density at radius 3 is 3.00 bits per heavy atom. The third-order valence-electron chi connectivity index (χ3n) is 4.15. The lowest BCUT2D eigenvalue weighted by Gasteiger charge is -2.33.